The Hall–Kier alpha value is -4.32. The third-order valence-corrected chi connectivity index (χ3v) is 6.36. The highest BCUT2D eigenvalue weighted by atomic mass is 16.5. The summed E-state index contributed by atoms with van der Waals surface area (Å²) in [5, 5.41) is 5.65. The monoisotopic (exact) mass is 561 g/mol. The molecule has 11 nitrogen and oxygen atoms in total. The number of hydrogen-bond acceptors (Lipinski definition) is 8. The molecule has 3 rings (SSSR count). The molecule has 0 radical (unpaired) electrons. The maximum atomic E-state index is 13.3. The van der Waals surface area contributed by atoms with Crippen molar-refractivity contribution >= 4 is 17.7 Å². The molecule has 41 heavy (non-hydrogen) atoms. The second kappa shape index (κ2) is 16.7. The summed E-state index contributed by atoms with van der Waals surface area (Å²) in [6, 6.07) is 20.3. The molecule has 0 fully saturated rings. The molecule has 0 aliphatic rings. The molecule has 11 heteroatoms. The van der Waals surface area contributed by atoms with Gasteiger partial charge in [-0.15, -0.1) is 0 Å². The molecule has 1 heterocycles. The van der Waals surface area contributed by atoms with Crippen LogP contribution in [0.4, 0.5) is 0 Å². The van der Waals surface area contributed by atoms with E-state index in [2.05, 4.69) is 15.6 Å². The number of aryl methyl sites for hydroxylation is 1. The number of rotatable bonds is 16. The molecule has 8 N–H and O–H groups in total. The molecule has 0 saturated heterocycles. The van der Waals surface area contributed by atoms with Gasteiger partial charge in [-0.05, 0) is 30.5 Å². The number of carbonyl (C=O) groups is 3. The van der Waals surface area contributed by atoms with Crippen molar-refractivity contribution in [2.24, 2.45) is 17.2 Å². The Morgan fingerprint density at radius 3 is 2.24 bits per heavy atom. The van der Waals surface area contributed by atoms with Crippen LogP contribution in [0.1, 0.15) is 24.0 Å². The molecule has 3 amide bonds. The van der Waals surface area contributed by atoms with Gasteiger partial charge >= 0.3 is 0 Å². The summed E-state index contributed by atoms with van der Waals surface area (Å²) in [5.41, 5.74) is 19.0. The van der Waals surface area contributed by atoms with Gasteiger partial charge in [0.05, 0.1) is 12.5 Å². The van der Waals surface area contributed by atoms with Crippen molar-refractivity contribution in [2.75, 3.05) is 26.2 Å². The quantitative estimate of drug-likeness (QED) is 0.172. The largest absolute Gasteiger partial charge is 0.439 e. The lowest BCUT2D eigenvalue weighted by Crippen LogP contribution is -2.53. The summed E-state index contributed by atoms with van der Waals surface area (Å²) in [6.45, 7) is 1.34. The minimum absolute atomic E-state index is 0.164. The Bertz CT molecular complexity index is 1240. The summed E-state index contributed by atoms with van der Waals surface area (Å²) in [6.07, 6.45) is 2.29. The van der Waals surface area contributed by atoms with Gasteiger partial charge in [-0.1, -0.05) is 54.6 Å². The number of nitrogens with one attached hydrogen (secondary N) is 2. The second-order valence-electron chi connectivity index (χ2n) is 9.45. The number of benzene rings is 2. The zero-order chi connectivity index (χ0) is 29.5. The van der Waals surface area contributed by atoms with Crippen LogP contribution in [0.5, 0.6) is 11.6 Å². The maximum absolute atomic E-state index is 13.3. The Kier molecular flexibility index (Phi) is 12.7. The predicted molar refractivity (Wildman–Crippen MR) is 157 cm³/mol. The third-order valence-electron chi connectivity index (χ3n) is 6.36. The molecule has 0 saturated carbocycles. The Balaban J connectivity index is 1.67. The maximum Gasteiger partial charge on any atom is 0.242 e. The first-order valence-corrected chi connectivity index (χ1v) is 13.6. The normalized spacial score (nSPS) is 12.2. The molecule has 218 valence electrons. The van der Waals surface area contributed by atoms with Crippen molar-refractivity contribution < 1.29 is 19.1 Å². The number of nitrogens with two attached hydrogens (primary N) is 3. The average molecular weight is 562 g/mol. The van der Waals surface area contributed by atoms with Crippen molar-refractivity contribution in [3.63, 3.8) is 0 Å². The van der Waals surface area contributed by atoms with E-state index in [-0.39, 0.29) is 37.9 Å². The number of pyridine rings is 1. The summed E-state index contributed by atoms with van der Waals surface area (Å²) < 4.78 is 5.89. The molecule has 2 unspecified atom stereocenters. The van der Waals surface area contributed by atoms with Gasteiger partial charge < -0.3 is 37.5 Å². The number of para-hydroxylation sites is 1. The highest BCUT2D eigenvalue weighted by Crippen LogP contribution is 2.23. The van der Waals surface area contributed by atoms with Crippen LogP contribution in [-0.4, -0.2) is 65.9 Å². The SMILES string of the molecule is NCCN(CCN)C(=O)CC(N)C(=O)NC(CCc1ccccc1)C(=O)NCc1ccccc1Oc1ccccn1. The lowest BCUT2D eigenvalue weighted by molar-refractivity contribution is -0.135. The van der Waals surface area contributed by atoms with Crippen LogP contribution < -0.4 is 32.6 Å². The van der Waals surface area contributed by atoms with Gasteiger partial charge in [0.15, 0.2) is 0 Å². The fourth-order valence-electron chi connectivity index (χ4n) is 4.16. The fourth-order valence-corrected chi connectivity index (χ4v) is 4.16. The molecular weight excluding hydrogens is 522 g/mol. The number of aromatic nitrogens is 1. The lowest BCUT2D eigenvalue weighted by atomic mass is 10.0. The summed E-state index contributed by atoms with van der Waals surface area (Å²) in [7, 11) is 0. The van der Waals surface area contributed by atoms with Crippen LogP contribution in [0.3, 0.4) is 0 Å². The van der Waals surface area contributed by atoms with Crippen LogP contribution in [0.2, 0.25) is 0 Å². The highest BCUT2D eigenvalue weighted by molar-refractivity contribution is 5.92. The molecule has 0 bridgehead atoms. The first-order valence-electron chi connectivity index (χ1n) is 13.6. The number of hydrogen-bond donors (Lipinski definition) is 5. The van der Waals surface area contributed by atoms with Gasteiger partial charge in [0.2, 0.25) is 23.6 Å². The molecule has 0 aliphatic heterocycles. The van der Waals surface area contributed by atoms with Crippen molar-refractivity contribution in [2.45, 2.75) is 37.9 Å². The van der Waals surface area contributed by atoms with Crippen LogP contribution in [0.25, 0.3) is 0 Å². The van der Waals surface area contributed by atoms with Crippen molar-refractivity contribution in [1.82, 2.24) is 20.5 Å². The van der Waals surface area contributed by atoms with Gasteiger partial charge in [0, 0.05) is 50.6 Å². The van der Waals surface area contributed by atoms with Crippen molar-refractivity contribution in [1.29, 1.82) is 0 Å². The Labute approximate surface area is 240 Å². The number of amides is 3. The number of nitrogens with zero attached hydrogens (tertiary/aromatic N) is 2. The molecular formula is C30H39N7O4. The molecule has 1 aromatic heterocycles. The fraction of sp³-hybridized carbons (Fsp3) is 0.333. The van der Waals surface area contributed by atoms with E-state index in [1.165, 1.54) is 4.90 Å². The Morgan fingerprint density at radius 2 is 1.56 bits per heavy atom. The van der Waals surface area contributed by atoms with E-state index in [1.807, 2.05) is 54.6 Å². The van der Waals surface area contributed by atoms with Crippen LogP contribution in [0, 0.1) is 0 Å². The first kappa shape index (κ1) is 31.2. The van der Waals surface area contributed by atoms with Crippen molar-refractivity contribution in [3.8, 4) is 11.6 Å². The van der Waals surface area contributed by atoms with Gasteiger partial charge in [-0.2, -0.15) is 0 Å². The second-order valence-corrected chi connectivity index (χ2v) is 9.45. The summed E-state index contributed by atoms with van der Waals surface area (Å²) in [4.78, 5) is 44.7. The zero-order valence-corrected chi connectivity index (χ0v) is 23.1. The van der Waals surface area contributed by atoms with E-state index >= 15 is 0 Å². The van der Waals surface area contributed by atoms with Gasteiger partial charge in [-0.25, -0.2) is 4.98 Å². The van der Waals surface area contributed by atoms with Crippen LogP contribution in [-0.2, 0) is 27.3 Å². The van der Waals surface area contributed by atoms with Crippen molar-refractivity contribution in [3.05, 3.63) is 90.1 Å². The van der Waals surface area contributed by atoms with E-state index in [9.17, 15) is 14.4 Å². The highest BCUT2D eigenvalue weighted by Gasteiger charge is 2.26. The van der Waals surface area contributed by atoms with E-state index in [0.717, 1.165) is 11.1 Å². The molecule has 2 aromatic carbocycles. The zero-order valence-electron chi connectivity index (χ0n) is 23.1. The average Bonchev–Trinajstić information content (AvgIpc) is 2.99. The summed E-state index contributed by atoms with van der Waals surface area (Å²) in [5.74, 6) is -0.312. The number of ether oxygens (including phenoxy) is 1. The number of carbonyl (C=O) groups excluding carboxylic acids is 3. The van der Waals surface area contributed by atoms with Crippen LogP contribution >= 0.6 is 0 Å². The van der Waals surface area contributed by atoms with Crippen LogP contribution in [0.15, 0.2) is 79.0 Å². The first-order chi connectivity index (χ1) is 19.9. The topological polar surface area (TPSA) is 179 Å². The van der Waals surface area contributed by atoms with E-state index < -0.39 is 18.0 Å². The molecule has 3 aromatic rings. The minimum Gasteiger partial charge on any atom is -0.439 e. The molecule has 0 spiro atoms. The Morgan fingerprint density at radius 1 is 0.878 bits per heavy atom. The smallest absolute Gasteiger partial charge is 0.242 e. The van der Waals surface area contributed by atoms with E-state index in [0.29, 0.717) is 37.6 Å². The molecule has 2 atom stereocenters. The lowest BCUT2D eigenvalue weighted by Gasteiger charge is -2.24. The van der Waals surface area contributed by atoms with Gasteiger partial charge in [-0.3, -0.25) is 14.4 Å². The summed E-state index contributed by atoms with van der Waals surface area (Å²) >= 11 is 0. The predicted octanol–water partition coefficient (Wildman–Crippen LogP) is 1.07. The van der Waals surface area contributed by atoms with Gasteiger partial charge in [0.25, 0.3) is 0 Å². The third kappa shape index (κ3) is 10.3. The van der Waals surface area contributed by atoms with E-state index in [4.69, 9.17) is 21.9 Å². The van der Waals surface area contributed by atoms with E-state index in [1.54, 1.807) is 24.4 Å². The van der Waals surface area contributed by atoms with Gasteiger partial charge in [0.1, 0.15) is 11.8 Å². The minimum atomic E-state index is -1.14. The standard InChI is InChI=1S/C30H39N7O4/c31-15-18-37(19-16-32)28(38)20-24(33)29(39)36-25(14-13-22-8-2-1-3-9-22)30(40)35-21-23-10-4-5-11-26(23)41-27-12-6-7-17-34-27/h1-12,17,24-25H,13-16,18-21,31-33H2,(H,35,40)(H,36,39). The molecule has 0 aliphatic carbocycles.